The summed E-state index contributed by atoms with van der Waals surface area (Å²) in [5.41, 5.74) is 0.728. The number of ether oxygens (including phenoxy) is 1. The molecular weight excluding hydrogens is 188 g/mol. The number of benzene rings is 1. The maximum absolute atomic E-state index is 11.0. The summed E-state index contributed by atoms with van der Waals surface area (Å²) in [4.78, 5) is 11.0. The van der Waals surface area contributed by atoms with Crippen molar-refractivity contribution >= 4 is 5.78 Å². The molecule has 0 saturated carbocycles. The van der Waals surface area contributed by atoms with Crippen molar-refractivity contribution in [1.82, 2.24) is 0 Å². The lowest BCUT2D eigenvalue weighted by Crippen LogP contribution is -2.07. The Hall–Kier alpha value is -1.31. The standard InChI is InChI=1S/C13H18O2/c1-4-10(2)9-15-13-7-5-12(6-8-13)11(3)14/h5-8,10H,4,9H2,1-3H3/t10-/m0/s1. The maximum Gasteiger partial charge on any atom is 0.159 e. The molecule has 2 nitrogen and oxygen atoms in total. The molecule has 0 N–H and O–H groups in total. The van der Waals surface area contributed by atoms with E-state index in [0.717, 1.165) is 24.3 Å². The predicted molar refractivity (Wildman–Crippen MR) is 61.4 cm³/mol. The van der Waals surface area contributed by atoms with Crippen LogP contribution in [0.5, 0.6) is 5.75 Å². The second-order valence-corrected chi connectivity index (χ2v) is 3.90. The van der Waals surface area contributed by atoms with Crippen molar-refractivity contribution in [3.05, 3.63) is 29.8 Å². The smallest absolute Gasteiger partial charge is 0.159 e. The highest BCUT2D eigenvalue weighted by atomic mass is 16.5. The number of ketones is 1. The predicted octanol–water partition coefficient (Wildman–Crippen LogP) is 3.31. The van der Waals surface area contributed by atoms with Crippen LogP contribution in [0.25, 0.3) is 0 Å². The van der Waals surface area contributed by atoms with E-state index >= 15 is 0 Å². The Bertz CT molecular complexity index is 314. The molecule has 0 amide bonds. The van der Waals surface area contributed by atoms with E-state index in [1.54, 1.807) is 19.1 Å². The van der Waals surface area contributed by atoms with Gasteiger partial charge in [-0.15, -0.1) is 0 Å². The van der Waals surface area contributed by atoms with E-state index in [2.05, 4.69) is 13.8 Å². The molecule has 1 aromatic carbocycles. The molecule has 0 bridgehead atoms. The van der Waals surface area contributed by atoms with E-state index in [9.17, 15) is 4.79 Å². The van der Waals surface area contributed by atoms with Crippen LogP contribution in [-0.4, -0.2) is 12.4 Å². The van der Waals surface area contributed by atoms with Gasteiger partial charge < -0.3 is 4.74 Å². The average Bonchev–Trinajstić information content (AvgIpc) is 2.26. The minimum absolute atomic E-state index is 0.0866. The molecule has 0 aliphatic carbocycles. The van der Waals surface area contributed by atoms with Gasteiger partial charge in [0, 0.05) is 5.56 Å². The topological polar surface area (TPSA) is 26.3 Å². The highest BCUT2D eigenvalue weighted by Crippen LogP contribution is 2.14. The first-order valence-corrected chi connectivity index (χ1v) is 5.37. The fraction of sp³-hybridized carbons (Fsp3) is 0.462. The van der Waals surface area contributed by atoms with Crippen LogP contribution in [0.3, 0.4) is 0 Å². The number of Topliss-reactive ketones (excluding diaryl/α,β-unsaturated/α-hetero) is 1. The van der Waals surface area contributed by atoms with Crippen LogP contribution in [0.4, 0.5) is 0 Å². The molecule has 0 aliphatic heterocycles. The van der Waals surface area contributed by atoms with Crippen LogP contribution in [0, 0.1) is 5.92 Å². The fourth-order valence-corrected chi connectivity index (χ4v) is 1.14. The summed E-state index contributed by atoms with van der Waals surface area (Å²) in [5.74, 6) is 1.49. The van der Waals surface area contributed by atoms with Gasteiger partial charge in [-0.05, 0) is 37.1 Å². The van der Waals surface area contributed by atoms with Gasteiger partial charge in [0.25, 0.3) is 0 Å². The third kappa shape index (κ3) is 3.74. The van der Waals surface area contributed by atoms with E-state index in [0.29, 0.717) is 5.92 Å². The second kappa shape index (κ2) is 5.54. The summed E-state index contributed by atoms with van der Waals surface area (Å²) in [6, 6.07) is 7.29. The summed E-state index contributed by atoms with van der Waals surface area (Å²) in [6.07, 6.45) is 1.12. The Kier molecular flexibility index (Phi) is 4.35. The first-order chi connectivity index (χ1) is 7.13. The summed E-state index contributed by atoms with van der Waals surface area (Å²) in [5, 5.41) is 0. The number of hydrogen-bond donors (Lipinski definition) is 0. The SMILES string of the molecule is CC[C@H](C)COc1ccc(C(C)=O)cc1. The zero-order chi connectivity index (χ0) is 11.3. The van der Waals surface area contributed by atoms with Crippen molar-refractivity contribution < 1.29 is 9.53 Å². The lowest BCUT2D eigenvalue weighted by atomic mass is 10.1. The van der Waals surface area contributed by atoms with Crippen LogP contribution in [0.15, 0.2) is 24.3 Å². The van der Waals surface area contributed by atoms with Crippen LogP contribution in [0.1, 0.15) is 37.6 Å². The molecule has 0 saturated heterocycles. The van der Waals surface area contributed by atoms with Crippen molar-refractivity contribution in [2.24, 2.45) is 5.92 Å². The Morgan fingerprint density at radius 3 is 2.40 bits per heavy atom. The van der Waals surface area contributed by atoms with Gasteiger partial charge in [-0.25, -0.2) is 0 Å². The molecule has 0 radical (unpaired) electrons. The largest absolute Gasteiger partial charge is 0.493 e. The van der Waals surface area contributed by atoms with Gasteiger partial charge >= 0.3 is 0 Å². The highest BCUT2D eigenvalue weighted by Gasteiger charge is 2.02. The number of carbonyl (C=O) groups excluding carboxylic acids is 1. The van der Waals surface area contributed by atoms with Crippen LogP contribution in [-0.2, 0) is 0 Å². The van der Waals surface area contributed by atoms with Gasteiger partial charge in [-0.3, -0.25) is 4.79 Å². The van der Waals surface area contributed by atoms with Gasteiger partial charge in [0.2, 0.25) is 0 Å². The third-order valence-corrected chi connectivity index (χ3v) is 2.49. The van der Waals surface area contributed by atoms with E-state index in [1.807, 2.05) is 12.1 Å². The van der Waals surface area contributed by atoms with E-state index in [1.165, 1.54) is 0 Å². The summed E-state index contributed by atoms with van der Waals surface area (Å²) in [7, 11) is 0. The maximum atomic E-state index is 11.0. The molecule has 0 aliphatic rings. The lowest BCUT2D eigenvalue weighted by molar-refractivity contribution is 0.101. The van der Waals surface area contributed by atoms with Crippen LogP contribution >= 0.6 is 0 Å². The van der Waals surface area contributed by atoms with Crippen molar-refractivity contribution in [3.63, 3.8) is 0 Å². The Labute approximate surface area is 91.3 Å². The van der Waals surface area contributed by atoms with Crippen LogP contribution in [0.2, 0.25) is 0 Å². The monoisotopic (exact) mass is 206 g/mol. The zero-order valence-electron chi connectivity index (χ0n) is 9.62. The van der Waals surface area contributed by atoms with Crippen molar-refractivity contribution in [3.8, 4) is 5.75 Å². The molecule has 82 valence electrons. The van der Waals surface area contributed by atoms with E-state index < -0.39 is 0 Å². The Morgan fingerprint density at radius 1 is 1.33 bits per heavy atom. The van der Waals surface area contributed by atoms with Crippen molar-refractivity contribution in [2.75, 3.05) is 6.61 Å². The molecule has 0 aromatic heterocycles. The number of rotatable bonds is 5. The molecule has 0 unspecified atom stereocenters. The van der Waals surface area contributed by atoms with Gasteiger partial charge in [0.05, 0.1) is 6.61 Å². The molecule has 0 heterocycles. The quantitative estimate of drug-likeness (QED) is 0.691. The lowest BCUT2D eigenvalue weighted by Gasteiger charge is -2.10. The Balaban J connectivity index is 2.53. The molecular formula is C13H18O2. The first kappa shape index (κ1) is 11.8. The highest BCUT2D eigenvalue weighted by molar-refractivity contribution is 5.94. The van der Waals surface area contributed by atoms with Gasteiger partial charge in [0.1, 0.15) is 5.75 Å². The van der Waals surface area contributed by atoms with Crippen LogP contribution < -0.4 is 4.74 Å². The average molecular weight is 206 g/mol. The third-order valence-electron chi connectivity index (χ3n) is 2.49. The molecule has 1 rings (SSSR count). The molecule has 0 fully saturated rings. The molecule has 2 heteroatoms. The zero-order valence-corrected chi connectivity index (χ0v) is 9.62. The van der Waals surface area contributed by atoms with E-state index in [4.69, 9.17) is 4.74 Å². The Morgan fingerprint density at radius 2 is 1.93 bits per heavy atom. The van der Waals surface area contributed by atoms with Crippen molar-refractivity contribution in [2.45, 2.75) is 27.2 Å². The minimum Gasteiger partial charge on any atom is -0.493 e. The second-order valence-electron chi connectivity index (χ2n) is 3.90. The fourth-order valence-electron chi connectivity index (χ4n) is 1.14. The minimum atomic E-state index is 0.0866. The molecule has 1 aromatic rings. The summed E-state index contributed by atoms with van der Waals surface area (Å²) in [6.45, 7) is 6.60. The number of carbonyl (C=O) groups is 1. The molecule has 0 spiro atoms. The summed E-state index contributed by atoms with van der Waals surface area (Å²) < 4.78 is 5.58. The van der Waals surface area contributed by atoms with Gasteiger partial charge in [0.15, 0.2) is 5.78 Å². The summed E-state index contributed by atoms with van der Waals surface area (Å²) >= 11 is 0. The number of hydrogen-bond acceptors (Lipinski definition) is 2. The normalized spacial score (nSPS) is 12.2. The molecule has 1 atom stereocenters. The van der Waals surface area contributed by atoms with Gasteiger partial charge in [-0.2, -0.15) is 0 Å². The molecule has 15 heavy (non-hydrogen) atoms. The van der Waals surface area contributed by atoms with Gasteiger partial charge in [-0.1, -0.05) is 20.3 Å². The first-order valence-electron chi connectivity index (χ1n) is 5.37. The van der Waals surface area contributed by atoms with E-state index in [-0.39, 0.29) is 5.78 Å². The van der Waals surface area contributed by atoms with Crippen molar-refractivity contribution in [1.29, 1.82) is 0 Å².